The number of anilines is 1. The van der Waals surface area contributed by atoms with Crippen molar-refractivity contribution in [1.29, 1.82) is 0 Å². The van der Waals surface area contributed by atoms with Gasteiger partial charge in [-0.15, -0.1) is 5.10 Å². The molecular formula is C43H45N7O11. The molecule has 3 aliphatic heterocycles. The molecular weight excluding hydrogens is 791 g/mol. The zero-order chi connectivity index (χ0) is 42.9. The summed E-state index contributed by atoms with van der Waals surface area (Å²) in [5.74, 6) is -3.21. The number of carbonyl (C=O) groups is 7. The van der Waals surface area contributed by atoms with E-state index < -0.39 is 42.2 Å². The van der Waals surface area contributed by atoms with Crippen molar-refractivity contribution in [3.63, 3.8) is 0 Å². The van der Waals surface area contributed by atoms with Gasteiger partial charge in [0.15, 0.2) is 6.61 Å². The van der Waals surface area contributed by atoms with Gasteiger partial charge in [0.25, 0.3) is 17.7 Å². The maximum absolute atomic E-state index is 13.5. The number of imide groups is 2. The van der Waals surface area contributed by atoms with Gasteiger partial charge in [-0.05, 0) is 37.1 Å². The molecule has 1 unspecified atom stereocenters. The van der Waals surface area contributed by atoms with Crippen LogP contribution in [0.25, 0.3) is 22.5 Å². The Bertz CT molecular complexity index is 2340. The number of ketones is 1. The minimum atomic E-state index is -1.11. The molecule has 1 saturated heterocycles. The number of piperidine rings is 1. The van der Waals surface area contributed by atoms with E-state index >= 15 is 0 Å². The summed E-state index contributed by atoms with van der Waals surface area (Å²) >= 11 is 0. The van der Waals surface area contributed by atoms with Gasteiger partial charge in [-0.25, -0.2) is 4.68 Å². The summed E-state index contributed by atoms with van der Waals surface area (Å²) in [4.78, 5) is 90.4. The van der Waals surface area contributed by atoms with Crippen molar-refractivity contribution in [3.05, 3.63) is 83.4 Å². The standard InChI is InChI=1S/C43H45N7O11/c1-27(51)13-16-37(54)48-25-28-7-2-3-8-29(28)39-40(30-9-4-5-11-32(30)48)49(47-46-39)18-20-59-22-24-60-23-21-58-19-17-44-36(53)26-61-34-12-6-10-31-38(34)43(57)50(42(31)56)33-14-15-35(52)45-41(33)55/h2-12,33H,13-26H2,1H3,(H,44,53)(H,45,52,55). The Kier molecular flexibility index (Phi) is 13.7. The number of fused-ring (bicyclic) bond motifs is 6. The quantitative estimate of drug-likeness (QED) is 0.103. The number of benzene rings is 3. The second kappa shape index (κ2) is 19.6. The average molecular weight is 836 g/mol. The molecule has 0 bridgehead atoms. The van der Waals surface area contributed by atoms with Gasteiger partial charge in [0.05, 0.1) is 75.2 Å². The van der Waals surface area contributed by atoms with Gasteiger partial charge in [-0.1, -0.05) is 53.7 Å². The Morgan fingerprint density at radius 3 is 2.28 bits per heavy atom. The van der Waals surface area contributed by atoms with Gasteiger partial charge >= 0.3 is 0 Å². The number of aromatic nitrogens is 3. The Morgan fingerprint density at radius 1 is 0.803 bits per heavy atom. The van der Waals surface area contributed by atoms with Crippen LogP contribution in [0.15, 0.2) is 66.7 Å². The first-order chi connectivity index (χ1) is 29.6. The van der Waals surface area contributed by atoms with Crippen LogP contribution in [0.1, 0.15) is 58.9 Å². The molecule has 1 aromatic heterocycles. The number of nitrogens with zero attached hydrogens (tertiary/aromatic N) is 5. The summed E-state index contributed by atoms with van der Waals surface area (Å²) in [6.45, 7) is 3.74. The van der Waals surface area contributed by atoms with E-state index in [9.17, 15) is 33.6 Å². The largest absolute Gasteiger partial charge is 0.483 e. The third kappa shape index (κ3) is 9.72. The highest BCUT2D eigenvalue weighted by Gasteiger charge is 2.46. The van der Waals surface area contributed by atoms with Crippen molar-refractivity contribution in [2.24, 2.45) is 0 Å². The van der Waals surface area contributed by atoms with Crippen molar-refractivity contribution in [1.82, 2.24) is 30.5 Å². The Balaban J connectivity index is 0.805. The van der Waals surface area contributed by atoms with Crippen molar-refractivity contribution in [2.75, 3.05) is 57.7 Å². The number of para-hydroxylation sites is 1. The fourth-order valence-corrected chi connectivity index (χ4v) is 7.37. The van der Waals surface area contributed by atoms with E-state index in [1.54, 1.807) is 9.58 Å². The number of ether oxygens (including phenoxy) is 4. The summed E-state index contributed by atoms with van der Waals surface area (Å²) in [6, 6.07) is 18.7. The van der Waals surface area contributed by atoms with Crippen LogP contribution in [-0.4, -0.2) is 120 Å². The third-order valence-corrected chi connectivity index (χ3v) is 10.3. The molecule has 7 rings (SSSR count). The van der Waals surface area contributed by atoms with Gasteiger partial charge < -0.3 is 34.0 Å². The van der Waals surface area contributed by atoms with Crippen LogP contribution in [0.2, 0.25) is 0 Å². The number of hydrogen-bond acceptors (Lipinski definition) is 13. The lowest BCUT2D eigenvalue weighted by atomic mass is 9.95. The van der Waals surface area contributed by atoms with Crippen LogP contribution in [0.5, 0.6) is 5.75 Å². The third-order valence-electron chi connectivity index (χ3n) is 10.3. The minimum Gasteiger partial charge on any atom is -0.483 e. The van der Waals surface area contributed by atoms with Gasteiger partial charge in [-0.2, -0.15) is 0 Å². The van der Waals surface area contributed by atoms with Crippen LogP contribution in [0.4, 0.5) is 5.69 Å². The van der Waals surface area contributed by atoms with Crippen LogP contribution in [0, 0.1) is 0 Å². The molecule has 0 aliphatic carbocycles. The number of rotatable bonds is 19. The van der Waals surface area contributed by atoms with Gasteiger partial charge in [-0.3, -0.25) is 39.0 Å². The van der Waals surface area contributed by atoms with Crippen molar-refractivity contribution >= 4 is 46.9 Å². The van der Waals surface area contributed by atoms with Crippen LogP contribution >= 0.6 is 0 Å². The maximum atomic E-state index is 13.5. The highest BCUT2D eigenvalue weighted by molar-refractivity contribution is 6.24. The van der Waals surface area contributed by atoms with E-state index in [1.165, 1.54) is 25.1 Å². The molecule has 1 fully saturated rings. The molecule has 6 amide bonds. The fraction of sp³-hybridized carbons (Fsp3) is 0.372. The number of nitrogens with one attached hydrogen (secondary N) is 2. The molecule has 0 saturated carbocycles. The molecule has 0 radical (unpaired) electrons. The van der Waals surface area contributed by atoms with E-state index in [0.29, 0.717) is 45.2 Å². The molecule has 18 heteroatoms. The van der Waals surface area contributed by atoms with Crippen molar-refractivity contribution in [3.8, 4) is 28.3 Å². The first-order valence-electron chi connectivity index (χ1n) is 20.0. The van der Waals surface area contributed by atoms with E-state index in [-0.39, 0.29) is 74.0 Å². The second-order valence-corrected chi connectivity index (χ2v) is 14.5. The molecule has 0 spiro atoms. The molecule has 318 valence electrons. The Labute approximate surface area is 350 Å². The van der Waals surface area contributed by atoms with E-state index in [0.717, 1.165) is 33.0 Å². The highest BCUT2D eigenvalue weighted by atomic mass is 16.5. The predicted molar refractivity (Wildman–Crippen MR) is 216 cm³/mol. The molecule has 3 aromatic carbocycles. The lowest BCUT2D eigenvalue weighted by Gasteiger charge is -2.28. The Morgan fingerprint density at radius 2 is 1.51 bits per heavy atom. The summed E-state index contributed by atoms with van der Waals surface area (Å²) in [5.41, 5.74) is 4.81. The average Bonchev–Trinajstić information content (AvgIpc) is 3.78. The number of Topliss-reactive ketones (excluding diaryl/α,β-unsaturated/α-hetero) is 1. The normalized spacial score (nSPS) is 15.6. The van der Waals surface area contributed by atoms with E-state index in [2.05, 4.69) is 20.9 Å². The van der Waals surface area contributed by atoms with Gasteiger partial charge in [0.2, 0.25) is 17.7 Å². The topological polar surface area (TPSA) is 218 Å². The van der Waals surface area contributed by atoms with Crippen LogP contribution < -0.4 is 20.3 Å². The molecule has 4 heterocycles. The lowest BCUT2D eigenvalue weighted by Crippen LogP contribution is -2.54. The summed E-state index contributed by atoms with van der Waals surface area (Å²) in [5, 5.41) is 13.9. The van der Waals surface area contributed by atoms with Crippen LogP contribution in [-0.2, 0) is 51.3 Å². The minimum absolute atomic E-state index is 0.000554. The zero-order valence-corrected chi connectivity index (χ0v) is 33.6. The van der Waals surface area contributed by atoms with Gasteiger partial charge in [0, 0.05) is 36.9 Å². The van der Waals surface area contributed by atoms with E-state index in [4.69, 9.17) is 18.9 Å². The number of carbonyl (C=O) groups excluding carboxylic acids is 7. The van der Waals surface area contributed by atoms with Gasteiger partial charge in [0.1, 0.15) is 23.3 Å². The number of hydrogen-bond donors (Lipinski definition) is 2. The molecule has 2 N–H and O–H groups in total. The van der Waals surface area contributed by atoms with Crippen LogP contribution in [0.3, 0.4) is 0 Å². The first kappa shape index (κ1) is 42.5. The molecule has 3 aliphatic rings. The summed E-state index contributed by atoms with van der Waals surface area (Å²) in [7, 11) is 0. The molecule has 61 heavy (non-hydrogen) atoms. The summed E-state index contributed by atoms with van der Waals surface area (Å²) in [6.07, 6.45) is 0.307. The SMILES string of the molecule is CC(=O)CCC(=O)N1Cc2ccccc2-c2nnn(CCOCCOCCOCCNC(=O)COc3cccc4c3C(=O)N(C3CCC(=O)NC3=O)C4=O)c2-c2ccccc21. The zero-order valence-electron chi connectivity index (χ0n) is 33.6. The molecule has 1 atom stereocenters. The second-order valence-electron chi connectivity index (χ2n) is 14.5. The fourth-order valence-electron chi connectivity index (χ4n) is 7.37. The Hall–Kier alpha value is -6.63. The molecule has 4 aromatic rings. The lowest BCUT2D eigenvalue weighted by molar-refractivity contribution is -0.136. The highest BCUT2D eigenvalue weighted by Crippen LogP contribution is 2.41. The summed E-state index contributed by atoms with van der Waals surface area (Å²) < 4.78 is 24.4. The van der Waals surface area contributed by atoms with Crippen molar-refractivity contribution in [2.45, 2.75) is 51.7 Å². The van der Waals surface area contributed by atoms with E-state index in [1.807, 2.05) is 48.5 Å². The molecule has 18 nitrogen and oxygen atoms in total. The monoisotopic (exact) mass is 835 g/mol. The predicted octanol–water partition coefficient (Wildman–Crippen LogP) is 2.47. The van der Waals surface area contributed by atoms with Crippen molar-refractivity contribution < 1.29 is 52.5 Å². The number of amides is 6. The maximum Gasteiger partial charge on any atom is 0.266 e. The first-order valence-corrected chi connectivity index (χ1v) is 20.0. The smallest absolute Gasteiger partial charge is 0.266 e.